The zero-order chi connectivity index (χ0) is 15.7. The molecule has 3 rings (SSSR count). The van der Waals surface area contributed by atoms with Crippen molar-refractivity contribution < 1.29 is 4.79 Å². The average Bonchev–Trinajstić information content (AvgIpc) is 2.85. The Labute approximate surface area is 136 Å². The SMILES string of the molecule is Cc1sc2ncnc(SC(C)C(N)=O)c2c1-c1ccccc1. The number of carbonyl (C=O) groups excluding carboxylic acids is 1. The highest BCUT2D eigenvalue weighted by Crippen LogP contribution is 2.41. The molecular weight excluding hydrogens is 314 g/mol. The van der Waals surface area contributed by atoms with Gasteiger partial charge in [-0.1, -0.05) is 42.1 Å². The number of aromatic nitrogens is 2. The Kier molecular flexibility index (Phi) is 4.13. The first-order valence-corrected chi connectivity index (χ1v) is 8.53. The molecule has 1 amide bonds. The van der Waals surface area contributed by atoms with E-state index in [1.807, 2.05) is 18.2 Å². The lowest BCUT2D eigenvalue weighted by Gasteiger charge is -2.09. The van der Waals surface area contributed by atoms with Crippen LogP contribution in [-0.4, -0.2) is 21.1 Å². The molecule has 0 aliphatic rings. The van der Waals surface area contributed by atoms with Crippen LogP contribution in [0.15, 0.2) is 41.7 Å². The first-order chi connectivity index (χ1) is 10.6. The van der Waals surface area contributed by atoms with Gasteiger partial charge in [-0.05, 0) is 19.4 Å². The molecule has 6 heteroatoms. The van der Waals surface area contributed by atoms with Crippen molar-refractivity contribution in [1.82, 2.24) is 9.97 Å². The lowest BCUT2D eigenvalue weighted by molar-refractivity contribution is -0.117. The van der Waals surface area contributed by atoms with Crippen LogP contribution < -0.4 is 5.73 Å². The minimum absolute atomic E-state index is 0.332. The van der Waals surface area contributed by atoms with Gasteiger partial charge in [-0.15, -0.1) is 11.3 Å². The van der Waals surface area contributed by atoms with E-state index in [0.29, 0.717) is 0 Å². The van der Waals surface area contributed by atoms with Gasteiger partial charge in [0, 0.05) is 10.4 Å². The van der Waals surface area contributed by atoms with Gasteiger partial charge in [0.25, 0.3) is 0 Å². The van der Waals surface area contributed by atoms with Crippen molar-refractivity contribution >= 4 is 39.2 Å². The Morgan fingerprint density at radius 2 is 2.00 bits per heavy atom. The van der Waals surface area contributed by atoms with Crippen molar-refractivity contribution in [1.29, 1.82) is 0 Å². The molecule has 0 aliphatic carbocycles. The van der Waals surface area contributed by atoms with Crippen LogP contribution >= 0.6 is 23.1 Å². The molecule has 2 aromatic heterocycles. The van der Waals surface area contributed by atoms with Crippen molar-refractivity contribution in [2.45, 2.75) is 24.1 Å². The van der Waals surface area contributed by atoms with Crippen LogP contribution in [0.1, 0.15) is 11.8 Å². The van der Waals surface area contributed by atoms with Gasteiger partial charge in [0.1, 0.15) is 16.2 Å². The van der Waals surface area contributed by atoms with Crippen LogP contribution in [0.3, 0.4) is 0 Å². The zero-order valence-corrected chi connectivity index (χ0v) is 13.9. The summed E-state index contributed by atoms with van der Waals surface area (Å²) >= 11 is 3.03. The van der Waals surface area contributed by atoms with Crippen LogP contribution in [0.5, 0.6) is 0 Å². The fourth-order valence-electron chi connectivity index (χ4n) is 2.28. The van der Waals surface area contributed by atoms with Crippen molar-refractivity contribution in [2.24, 2.45) is 5.73 Å². The van der Waals surface area contributed by atoms with E-state index < -0.39 is 0 Å². The Morgan fingerprint density at radius 3 is 2.68 bits per heavy atom. The van der Waals surface area contributed by atoms with Crippen molar-refractivity contribution in [3.05, 3.63) is 41.5 Å². The minimum Gasteiger partial charge on any atom is -0.369 e. The molecular formula is C16H15N3OS2. The van der Waals surface area contributed by atoms with Gasteiger partial charge in [0.2, 0.25) is 5.91 Å². The van der Waals surface area contributed by atoms with Gasteiger partial charge in [-0.25, -0.2) is 9.97 Å². The lowest BCUT2D eigenvalue weighted by Crippen LogP contribution is -2.22. The van der Waals surface area contributed by atoms with Gasteiger partial charge in [-0.2, -0.15) is 0 Å². The standard InChI is InChI=1S/C16H15N3OS2/c1-9-12(11-6-4-3-5-7-11)13-15(21-9)18-8-19-16(13)22-10(2)14(17)20/h3-8,10H,1-2H3,(H2,17,20). The van der Waals surface area contributed by atoms with E-state index in [4.69, 9.17) is 5.73 Å². The largest absolute Gasteiger partial charge is 0.369 e. The number of primary amides is 1. The maximum Gasteiger partial charge on any atom is 0.230 e. The Balaban J connectivity index is 2.20. The zero-order valence-electron chi connectivity index (χ0n) is 12.2. The maximum atomic E-state index is 11.4. The van der Waals surface area contributed by atoms with Gasteiger partial charge in [-0.3, -0.25) is 4.79 Å². The monoisotopic (exact) mass is 329 g/mol. The van der Waals surface area contributed by atoms with Crippen LogP contribution in [0.25, 0.3) is 21.3 Å². The molecule has 1 atom stereocenters. The molecule has 112 valence electrons. The number of thioether (sulfide) groups is 1. The molecule has 2 N–H and O–H groups in total. The average molecular weight is 329 g/mol. The summed E-state index contributed by atoms with van der Waals surface area (Å²) in [6.45, 7) is 3.88. The second-order valence-corrected chi connectivity index (χ2v) is 7.45. The molecule has 3 aromatic rings. The predicted octanol–water partition coefficient (Wildman–Crippen LogP) is 3.63. The van der Waals surface area contributed by atoms with Crippen molar-refractivity contribution in [2.75, 3.05) is 0 Å². The van der Waals surface area contributed by atoms with Crippen molar-refractivity contribution in [3.63, 3.8) is 0 Å². The van der Waals surface area contributed by atoms with E-state index in [1.54, 1.807) is 24.6 Å². The number of aryl methyl sites for hydroxylation is 1. The summed E-state index contributed by atoms with van der Waals surface area (Å²) in [5, 5.41) is 1.48. The summed E-state index contributed by atoms with van der Waals surface area (Å²) in [6, 6.07) is 10.2. The Morgan fingerprint density at radius 1 is 1.27 bits per heavy atom. The number of hydrogen-bond donors (Lipinski definition) is 1. The first-order valence-electron chi connectivity index (χ1n) is 6.83. The Bertz CT molecular complexity index is 830. The van der Waals surface area contributed by atoms with Gasteiger partial charge >= 0.3 is 0 Å². The fraction of sp³-hybridized carbons (Fsp3) is 0.188. The van der Waals surface area contributed by atoms with Crippen LogP contribution in [0.2, 0.25) is 0 Å². The Hall–Kier alpha value is -1.92. The molecule has 0 radical (unpaired) electrons. The van der Waals surface area contributed by atoms with E-state index in [2.05, 4.69) is 29.0 Å². The topological polar surface area (TPSA) is 68.9 Å². The van der Waals surface area contributed by atoms with Crippen LogP contribution in [0.4, 0.5) is 0 Å². The lowest BCUT2D eigenvalue weighted by atomic mass is 10.0. The highest BCUT2D eigenvalue weighted by Gasteiger charge is 2.19. The number of nitrogens with two attached hydrogens (primary N) is 1. The highest BCUT2D eigenvalue weighted by atomic mass is 32.2. The molecule has 2 heterocycles. The van der Waals surface area contributed by atoms with Gasteiger partial charge < -0.3 is 5.73 Å². The summed E-state index contributed by atoms with van der Waals surface area (Å²) in [5.41, 5.74) is 7.65. The van der Waals surface area contributed by atoms with E-state index >= 15 is 0 Å². The molecule has 1 unspecified atom stereocenters. The number of benzene rings is 1. The fourth-order valence-corrected chi connectivity index (χ4v) is 4.24. The predicted molar refractivity (Wildman–Crippen MR) is 92.1 cm³/mol. The van der Waals surface area contributed by atoms with Crippen LogP contribution in [0, 0.1) is 6.92 Å². The number of carbonyl (C=O) groups is 1. The summed E-state index contributed by atoms with van der Waals surface area (Å²) in [5.74, 6) is -0.343. The smallest absolute Gasteiger partial charge is 0.230 e. The normalized spacial score (nSPS) is 12.5. The number of thiophene rings is 1. The highest BCUT2D eigenvalue weighted by molar-refractivity contribution is 8.00. The molecule has 0 fully saturated rings. The second kappa shape index (κ2) is 6.06. The maximum absolute atomic E-state index is 11.4. The molecule has 0 aliphatic heterocycles. The van der Waals surface area contributed by atoms with Gasteiger partial charge in [0.05, 0.1) is 10.6 Å². The minimum atomic E-state index is -0.343. The third kappa shape index (κ3) is 2.71. The third-order valence-corrected chi connectivity index (χ3v) is 5.51. The quantitative estimate of drug-likeness (QED) is 0.586. The molecule has 22 heavy (non-hydrogen) atoms. The number of fused-ring (bicyclic) bond motifs is 1. The van der Waals surface area contributed by atoms with E-state index in [1.165, 1.54) is 16.6 Å². The second-order valence-electron chi connectivity index (χ2n) is 4.92. The number of nitrogens with zero attached hydrogens (tertiary/aromatic N) is 2. The van der Waals surface area contributed by atoms with E-state index in [0.717, 1.165) is 26.4 Å². The third-order valence-electron chi connectivity index (χ3n) is 3.38. The first kappa shape index (κ1) is 15.0. The molecule has 1 aromatic carbocycles. The summed E-state index contributed by atoms with van der Waals surface area (Å²) < 4.78 is 0. The summed E-state index contributed by atoms with van der Waals surface area (Å²) in [4.78, 5) is 22.2. The molecule has 0 spiro atoms. The van der Waals surface area contributed by atoms with Crippen LogP contribution in [-0.2, 0) is 4.79 Å². The van der Waals surface area contributed by atoms with E-state index in [-0.39, 0.29) is 11.2 Å². The molecule has 0 saturated heterocycles. The summed E-state index contributed by atoms with van der Waals surface area (Å²) in [6.07, 6.45) is 1.54. The van der Waals surface area contributed by atoms with Gasteiger partial charge in [0.15, 0.2) is 0 Å². The number of amides is 1. The molecule has 4 nitrogen and oxygen atoms in total. The van der Waals surface area contributed by atoms with Crippen molar-refractivity contribution in [3.8, 4) is 11.1 Å². The number of rotatable bonds is 4. The van der Waals surface area contributed by atoms with E-state index in [9.17, 15) is 4.79 Å². The number of hydrogen-bond acceptors (Lipinski definition) is 5. The summed E-state index contributed by atoms with van der Waals surface area (Å²) in [7, 11) is 0. The molecule has 0 bridgehead atoms. The molecule has 0 saturated carbocycles.